The number of aliphatic imine (C=N–C) groups is 1. The normalized spacial score (nSPS) is 15.5. The zero-order valence-corrected chi connectivity index (χ0v) is 8.83. The van der Waals surface area contributed by atoms with Crippen LogP contribution >= 0.6 is 0 Å². The molecule has 0 aliphatic rings. The fourth-order valence-corrected chi connectivity index (χ4v) is 0.882. The molecule has 0 bridgehead atoms. The van der Waals surface area contributed by atoms with E-state index in [1.165, 1.54) is 5.57 Å². The summed E-state index contributed by atoms with van der Waals surface area (Å²) in [5, 5.41) is 0. The fraction of sp³-hybridized carbons (Fsp3) is 0.417. The first-order valence-corrected chi connectivity index (χ1v) is 4.73. The van der Waals surface area contributed by atoms with E-state index in [1.54, 1.807) is 6.21 Å². The van der Waals surface area contributed by atoms with Gasteiger partial charge in [0.05, 0.1) is 0 Å². The minimum absolute atomic E-state index is 0.542. The number of rotatable bonds is 5. The molecule has 0 aromatic carbocycles. The Labute approximate surface area is 81.6 Å². The molecule has 0 saturated heterocycles. The SMILES string of the molecule is C=C\C(=C/N=C\C=C/C)C(C)CC. The largest absolute Gasteiger partial charge is 0.264 e. The van der Waals surface area contributed by atoms with Crippen LogP contribution in [0.5, 0.6) is 0 Å². The molecular formula is C12H19N. The van der Waals surface area contributed by atoms with Gasteiger partial charge in [-0.15, -0.1) is 0 Å². The Kier molecular flexibility index (Phi) is 6.89. The van der Waals surface area contributed by atoms with Crippen LogP contribution in [0.25, 0.3) is 0 Å². The van der Waals surface area contributed by atoms with Gasteiger partial charge < -0.3 is 0 Å². The Hall–Kier alpha value is -1.11. The second-order valence-electron chi connectivity index (χ2n) is 2.97. The number of allylic oxidation sites excluding steroid dienone is 4. The van der Waals surface area contributed by atoms with Crippen LogP contribution in [0.1, 0.15) is 27.2 Å². The van der Waals surface area contributed by atoms with Gasteiger partial charge in [0.2, 0.25) is 0 Å². The van der Waals surface area contributed by atoms with Gasteiger partial charge in [-0.1, -0.05) is 32.6 Å². The number of hydrogen-bond donors (Lipinski definition) is 0. The van der Waals surface area contributed by atoms with E-state index in [1.807, 2.05) is 31.4 Å². The molecule has 1 heteroatoms. The Morgan fingerprint density at radius 1 is 1.54 bits per heavy atom. The molecule has 0 aliphatic heterocycles. The summed E-state index contributed by atoms with van der Waals surface area (Å²) in [5.74, 6) is 0.542. The van der Waals surface area contributed by atoms with Crippen molar-refractivity contribution >= 4 is 6.21 Å². The first kappa shape index (κ1) is 11.9. The van der Waals surface area contributed by atoms with Crippen molar-refractivity contribution in [3.8, 4) is 0 Å². The zero-order valence-electron chi connectivity index (χ0n) is 8.83. The molecule has 0 aromatic rings. The van der Waals surface area contributed by atoms with Gasteiger partial charge >= 0.3 is 0 Å². The van der Waals surface area contributed by atoms with Crippen LogP contribution in [0.15, 0.2) is 41.6 Å². The summed E-state index contributed by atoms with van der Waals surface area (Å²) < 4.78 is 0. The summed E-state index contributed by atoms with van der Waals surface area (Å²) in [6.45, 7) is 10.1. The Balaban J connectivity index is 4.30. The predicted octanol–water partition coefficient (Wildman–Crippen LogP) is 3.75. The third-order valence-electron chi connectivity index (χ3n) is 2.01. The minimum Gasteiger partial charge on any atom is -0.264 e. The molecule has 0 spiro atoms. The van der Waals surface area contributed by atoms with Gasteiger partial charge in [0.25, 0.3) is 0 Å². The van der Waals surface area contributed by atoms with Gasteiger partial charge in [0.1, 0.15) is 0 Å². The van der Waals surface area contributed by atoms with Crippen molar-refractivity contribution in [3.63, 3.8) is 0 Å². The van der Waals surface area contributed by atoms with Gasteiger partial charge in [-0.2, -0.15) is 0 Å². The van der Waals surface area contributed by atoms with E-state index in [2.05, 4.69) is 25.4 Å². The molecule has 0 fully saturated rings. The summed E-state index contributed by atoms with van der Waals surface area (Å²) in [5.41, 5.74) is 1.20. The Bertz CT molecular complexity index is 221. The quantitative estimate of drug-likeness (QED) is 0.448. The number of nitrogens with zero attached hydrogens (tertiary/aromatic N) is 1. The van der Waals surface area contributed by atoms with E-state index in [9.17, 15) is 0 Å². The molecular weight excluding hydrogens is 158 g/mol. The summed E-state index contributed by atoms with van der Waals surface area (Å²) >= 11 is 0. The third kappa shape index (κ3) is 5.18. The van der Waals surface area contributed by atoms with Gasteiger partial charge in [-0.25, -0.2) is 0 Å². The molecule has 72 valence electrons. The third-order valence-corrected chi connectivity index (χ3v) is 2.01. The summed E-state index contributed by atoms with van der Waals surface area (Å²) in [6, 6.07) is 0. The van der Waals surface area contributed by atoms with E-state index in [-0.39, 0.29) is 0 Å². The van der Waals surface area contributed by atoms with E-state index in [0.29, 0.717) is 5.92 Å². The molecule has 0 radical (unpaired) electrons. The van der Waals surface area contributed by atoms with Crippen LogP contribution in [-0.4, -0.2) is 6.21 Å². The standard InChI is InChI=1S/C12H19N/c1-5-8-9-13-10-12(7-3)11(4)6-2/h5,7-11H,3,6H2,1-2,4H3/b8-5-,12-10+,13-9-. The van der Waals surface area contributed by atoms with Crippen molar-refractivity contribution < 1.29 is 0 Å². The summed E-state index contributed by atoms with van der Waals surface area (Å²) in [4.78, 5) is 4.16. The van der Waals surface area contributed by atoms with Crippen LogP contribution in [0, 0.1) is 5.92 Å². The maximum Gasteiger partial charge on any atom is 0.0302 e. The van der Waals surface area contributed by atoms with E-state index in [4.69, 9.17) is 0 Å². The molecule has 0 aromatic heterocycles. The molecule has 0 N–H and O–H groups in total. The van der Waals surface area contributed by atoms with Gasteiger partial charge in [0.15, 0.2) is 0 Å². The van der Waals surface area contributed by atoms with Crippen molar-refractivity contribution in [2.75, 3.05) is 0 Å². The highest BCUT2D eigenvalue weighted by Gasteiger charge is 2.00. The van der Waals surface area contributed by atoms with Crippen LogP contribution < -0.4 is 0 Å². The molecule has 0 saturated carbocycles. The second kappa shape index (κ2) is 7.53. The van der Waals surface area contributed by atoms with Gasteiger partial charge in [-0.3, -0.25) is 4.99 Å². The molecule has 1 atom stereocenters. The van der Waals surface area contributed by atoms with Crippen LogP contribution in [-0.2, 0) is 0 Å². The molecule has 1 nitrogen and oxygen atoms in total. The summed E-state index contributed by atoms with van der Waals surface area (Å²) in [6.07, 6.45) is 10.5. The summed E-state index contributed by atoms with van der Waals surface area (Å²) in [7, 11) is 0. The molecule has 0 aliphatic carbocycles. The van der Waals surface area contributed by atoms with Crippen molar-refractivity contribution in [2.24, 2.45) is 10.9 Å². The van der Waals surface area contributed by atoms with E-state index < -0.39 is 0 Å². The maximum absolute atomic E-state index is 4.16. The highest BCUT2D eigenvalue weighted by Crippen LogP contribution is 2.14. The smallest absolute Gasteiger partial charge is 0.0302 e. The maximum atomic E-state index is 4.16. The lowest BCUT2D eigenvalue weighted by atomic mass is 10.00. The van der Waals surface area contributed by atoms with Crippen molar-refractivity contribution in [1.29, 1.82) is 0 Å². The topological polar surface area (TPSA) is 12.4 Å². The first-order chi connectivity index (χ1) is 6.26. The highest BCUT2D eigenvalue weighted by atomic mass is 14.7. The van der Waals surface area contributed by atoms with Crippen molar-refractivity contribution in [1.82, 2.24) is 0 Å². The highest BCUT2D eigenvalue weighted by molar-refractivity contribution is 5.71. The fourth-order valence-electron chi connectivity index (χ4n) is 0.882. The minimum atomic E-state index is 0.542. The Morgan fingerprint density at radius 3 is 2.69 bits per heavy atom. The molecule has 13 heavy (non-hydrogen) atoms. The molecule has 0 amide bonds. The lowest BCUT2D eigenvalue weighted by Crippen LogP contribution is -1.93. The number of hydrogen-bond acceptors (Lipinski definition) is 1. The Morgan fingerprint density at radius 2 is 2.23 bits per heavy atom. The molecule has 1 unspecified atom stereocenters. The lowest BCUT2D eigenvalue weighted by molar-refractivity contribution is 0.669. The van der Waals surface area contributed by atoms with Gasteiger partial charge in [0, 0.05) is 12.4 Å². The van der Waals surface area contributed by atoms with Crippen LogP contribution in [0.2, 0.25) is 0 Å². The van der Waals surface area contributed by atoms with E-state index >= 15 is 0 Å². The molecule has 0 rings (SSSR count). The monoisotopic (exact) mass is 177 g/mol. The van der Waals surface area contributed by atoms with Crippen molar-refractivity contribution in [3.05, 3.63) is 36.6 Å². The zero-order chi connectivity index (χ0) is 10.1. The lowest BCUT2D eigenvalue weighted by Gasteiger charge is -2.07. The predicted molar refractivity (Wildman–Crippen MR) is 61.0 cm³/mol. The van der Waals surface area contributed by atoms with Crippen molar-refractivity contribution in [2.45, 2.75) is 27.2 Å². The average Bonchev–Trinajstić information content (AvgIpc) is 2.17. The first-order valence-electron chi connectivity index (χ1n) is 4.73. The second-order valence-corrected chi connectivity index (χ2v) is 2.97. The average molecular weight is 177 g/mol. The van der Waals surface area contributed by atoms with Crippen LogP contribution in [0.4, 0.5) is 0 Å². The molecule has 0 heterocycles. The van der Waals surface area contributed by atoms with Gasteiger partial charge in [-0.05, 0) is 30.9 Å². The van der Waals surface area contributed by atoms with E-state index in [0.717, 1.165) is 6.42 Å². The van der Waals surface area contributed by atoms with Crippen LogP contribution in [0.3, 0.4) is 0 Å².